The van der Waals surface area contributed by atoms with Crippen molar-refractivity contribution in [2.75, 3.05) is 12.4 Å². The van der Waals surface area contributed by atoms with Gasteiger partial charge in [-0.3, -0.25) is 4.79 Å². The van der Waals surface area contributed by atoms with Gasteiger partial charge in [-0.25, -0.2) is 0 Å². The highest BCUT2D eigenvalue weighted by Gasteiger charge is 2.12. The molecule has 1 amide bonds. The third kappa shape index (κ3) is 3.42. The normalized spacial score (nSPS) is 10.5. The average Bonchev–Trinajstić information content (AvgIpc) is 2.83. The van der Waals surface area contributed by atoms with Crippen molar-refractivity contribution in [1.29, 1.82) is 0 Å². The molecule has 1 heterocycles. The maximum Gasteiger partial charge on any atom is 0.277 e. The lowest BCUT2D eigenvalue weighted by atomic mass is 10.2. The number of anilines is 1. The van der Waals surface area contributed by atoms with Gasteiger partial charge in [-0.15, -0.1) is 0 Å². The monoisotopic (exact) mass is 324 g/mol. The third-order valence-corrected chi connectivity index (χ3v) is 3.38. The van der Waals surface area contributed by atoms with Crippen molar-refractivity contribution in [2.24, 2.45) is 0 Å². The Morgan fingerprint density at radius 3 is 2.95 bits per heavy atom. The van der Waals surface area contributed by atoms with Crippen molar-refractivity contribution < 1.29 is 14.1 Å². The smallest absolute Gasteiger partial charge is 0.277 e. The molecule has 100 valence electrons. The van der Waals surface area contributed by atoms with Crippen LogP contribution in [0, 0.1) is 6.92 Å². The van der Waals surface area contributed by atoms with Crippen LogP contribution in [0.5, 0.6) is 0 Å². The molecule has 0 saturated heterocycles. The predicted molar refractivity (Wildman–Crippen MR) is 74.0 cm³/mol. The first-order valence-corrected chi connectivity index (χ1v) is 6.41. The number of aryl methyl sites for hydroxylation is 1. The summed E-state index contributed by atoms with van der Waals surface area (Å²) in [6.07, 6.45) is 0. The lowest BCUT2D eigenvalue weighted by molar-refractivity contribution is 0.101. The van der Waals surface area contributed by atoms with Crippen LogP contribution < -0.4 is 5.32 Å². The van der Waals surface area contributed by atoms with Gasteiger partial charge in [0.15, 0.2) is 11.5 Å². The van der Waals surface area contributed by atoms with Crippen molar-refractivity contribution in [2.45, 2.75) is 13.5 Å². The van der Waals surface area contributed by atoms with Crippen LogP contribution in [-0.2, 0) is 11.3 Å². The predicted octanol–water partition coefficient (Wildman–Crippen LogP) is 3.14. The van der Waals surface area contributed by atoms with Gasteiger partial charge in [0, 0.05) is 23.3 Å². The Morgan fingerprint density at radius 2 is 2.26 bits per heavy atom. The Bertz CT molecular complexity index is 595. The van der Waals surface area contributed by atoms with Gasteiger partial charge >= 0.3 is 0 Å². The molecular formula is C13H13BrN2O3. The minimum absolute atomic E-state index is 0.229. The van der Waals surface area contributed by atoms with Gasteiger partial charge in [0.2, 0.25) is 0 Å². The molecule has 1 aromatic heterocycles. The summed E-state index contributed by atoms with van der Waals surface area (Å²) in [6, 6.07) is 7.12. The van der Waals surface area contributed by atoms with Gasteiger partial charge < -0.3 is 14.6 Å². The molecule has 1 N–H and O–H groups in total. The molecule has 0 unspecified atom stereocenters. The van der Waals surface area contributed by atoms with E-state index < -0.39 is 0 Å². The highest BCUT2D eigenvalue weighted by molar-refractivity contribution is 9.10. The van der Waals surface area contributed by atoms with E-state index >= 15 is 0 Å². The van der Waals surface area contributed by atoms with E-state index in [0.29, 0.717) is 11.4 Å². The van der Waals surface area contributed by atoms with Gasteiger partial charge in [0.1, 0.15) is 6.61 Å². The zero-order chi connectivity index (χ0) is 13.8. The largest absolute Gasteiger partial charge is 0.377 e. The highest BCUT2D eigenvalue weighted by atomic mass is 79.9. The number of methoxy groups -OCH3 is 1. The van der Waals surface area contributed by atoms with Gasteiger partial charge in [-0.05, 0) is 30.7 Å². The summed E-state index contributed by atoms with van der Waals surface area (Å²) in [7, 11) is 1.55. The van der Waals surface area contributed by atoms with E-state index in [1.807, 2.05) is 25.1 Å². The number of halogens is 1. The van der Waals surface area contributed by atoms with Crippen molar-refractivity contribution in [3.63, 3.8) is 0 Å². The minimum atomic E-state index is -0.312. The number of hydrogen-bond donors (Lipinski definition) is 1. The number of benzene rings is 1. The number of aromatic nitrogens is 1. The van der Waals surface area contributed by atoms with E-state index in [-0.39, 0.29) is 18.2 Å². The molecule has 0 aliphatic rings. The van der Waals surface area contributed by atoms with Crippen molar-refractivity contribution in [3.8, 4) is 0 Å². The Hall–Kier alpha value is -1.66. The van der Waals surface area contributed by atoms with Gasteiger partial charge in [-0.2, -0.15) is 0 Å². The fraction of sp³-hybridized carbons (Fsp3) is 0.231. The number of hydrogen-bond acceptors (Lipinski definition) is 4. The number of rotatable bonds is 4. The standard InChI is InChI=1S/C13H13BrN2O3/c1-8-5-9(3-4-11(8)14)15-13(17)12-6-10(7-18-2)19-16-12/h3-6H,7H2,1-2H3,(H,15,17). The summed E-state index contributed by atoms with van der Waals surface area (Å²) in [5.41, 5.74) is 1.98. The second-order valence-corrected chi connectivity index (χ2v) is 4.88. The molecule has 0 radical (unpaired) electrons. The number of nitrogens with zero attached hydrogens (tertiary/aromatic N) is 1. The Morgan fingerprint density at radius 1 is 1.47 bits per heavy atom. The summed E-state index contributed by atoms with van der Waals surface area (Å²) in [6.45, 7) is 2.24. The molecule has 0 atom stereocenters. The molecule has 0 aliphatic carbocycles. The number of carbonyl (C=O) groups excluding carboxylic acids is 1. The third-order valence-electron chi connectivity index (χ3n) is 2.49. The first-order valence-electron chi connectivity index (χ1n) is 5.62. The molecule has 0 bridgehead atoms. The van der Waals surface area contributed by atoms with E-state index in [4.69, 9.17) is 9.26 Å². The van der Waals surface area contributed by atoms with Crippen LogP contribution in [0.3, 0.4) is 0 Å². The molecule has 2 rings (SSSR count). The lowest BCUT2D eigenvalue weighted by Gasteiger charge is -2.05. The minimum Gasteiger partial charge on any atom is -0.377 e. The summed E-state index contributed by atoms with van der Waals surface area (Å²) in [5.74, 6) is 0.201. The fourth-order valence-corrected chi connectivity index (χ4v) is 1.79. The first kappa shape index (κ1) is 13.8. The van der Waals surface area contributed by atoms with Crippen LogP contribution in [0.15, 0.2) is 33.3 Å². The maximum absolute atomic E-state index is 11.9. The maximum atomic E-state index is 11.9. The molecule has 6 heteroatoms. The van der Waals surface area contributed by atoms with E-state index in [1.54, 1.807) is 13.2 Å². The Labute approximate surface area is 119 Å². The first-order chi connectivity index (χ1) is 9.10. The molecule has 5 nitrogen and oxygen atoms in total. The number of ether oxygens (including phenoxy) is 1. The zero-order valence-electron chi connectivity index (χ0n) is 10.6. The van der Waals surface area contributed by atoms with Crippen molar-refractivity contribution in [3.05, 3.63) is 45.8 Å². The molecule has 1 aromatic carbocycles. The van der Waals surface area contributed by atoms with Crippen LogP contribution in [0.2, 0.25) is 0 Å². The topological polar surface area (TPSA) is 64.4 Å². The molecular weight excluding hydrogens is 312 g/mol. The zero-order valence-corrected chi connectivity index (χ0v) is 12.2. The number of amides is 1. The van der Waals surface area contributed by atoms with Crippen LogP contribution in [0.4, 0.5) is 5.69 Å². The van der Waals surface area contributed by atoms with Gasteiger partial charge in [0.05, 0.1) is 0 Å². The summed E-state index contributed by atoms with van der Waals surface area (Å²) in [4.78, 5) is 11.9. The fourth-order valence-electron chi connectivity index (χ4n) is 1.55. The molecule has 2 aromatic rings. The molecule has 0 saturated carbocycles. The Balaban J connectivity index is 2.09. The number of nitrogens with one attached hydrogen (secondary N) is 1. The van der Waals surface area contributed by atoms with E-state index in [2.05, 4.69) is 26.4 Å². The summed E-state index contributed by atoms with van der Waals surface area (Å²) < 4.78 is 10.9. The highest BCUT2D eigenvalue weighted by Crippen LogP contribution is 2.20. The van der Waals surface area contributed by atoms with E-state index in [1.165, 1.54) is 0 Å². The average molecular weight is 325 g/mol. The quantitative estimate of drug-likeness (QED) is 0.938. The second kappa shape index (κ2) is 5.99. The van der Waals surface area contributed by atoms with Crippen molar-refractivity contribution >= 4 is 27.5 Å². The molecule has 0 aliphatic heterocycles. The van der Waals surface area contributed by atoms with E-state index in [9.17, 15) is 4.79 Å². The SMILES string of the molecule is COCc1cc(C(=O)Nc2ccc(Br)c(C)c2)no1. The molecule has 0 fully saturated rings. The van der Waals surface area contributed by atoms with Gasteiger partial charge in [0.25, 0.3) is 5.91 Å². The summed E-state index contributed by atoms with van der Waals surface area (Å²) in [5, 5.41) is 6.45. The lowest BCUT2D eigenvalue weighted by Crippen LogP contribution is -2.12. The Kier molecular flexibility index (Phi) is 4.34. The van der Waals surface area contributed by atoms with Crippen LogP contribution in [-0.4, -0.2) is 18.2 Å². The van der Waals surface area contributed by atoms with Crippen molar-refractivity contribution in [1.82, 2.24) is 5.16 Å². The van der Waals surface area contributed by atoms with Gasteiger partial charge in [-0.1, -0.05) is 21.1 Å². The van der Waals surface area contributed by atoms with Crippen LogP contribution >= 0.6 is 15.9 Å². The van der Waals surface area contributed by atoms with Crippen LogP contribution in [0.1, 0.15) is 21.8 Å². The molecule has 19 heavy (non-hydrogen) atoms. The number of carbonyl (C=O) groups is 1. The molecule has 0 spiro atoms. The second-order valence-electron chi connectivity index (χ2n) is 4.03. The summed E-state index contributed by atoms with van der Waals surface area (Å²) >= 11 is 3.41. The van der Waals surface area contributed by atoms with Crippen LogP contribution in [0.25, 0.3) is 0 Å². The van der Waals surface area contributed by atoms with E-state index in [0.717, 1.165) is 10.0 Å².